The molecule has 0 bridgehead atoms. The molecule has 9 heteroatoms. The fourth-order valence-corrected chi connectivity index (χ4v) is 2.52. The van der Waals surface area contributed by atoms with Gasteiger partial charge in [0.05, 0.1) is 0 Å². The summed E-state index contributed by atoms with van der Waals surface area (Å²) in [6.07, 6.45) is 3.20. The fourth-order valence-electron chi connectivity index (χ4n) is 2.52. The van der Waals surface area contributed by atoms with E-state index < -0.39 is 12.5 Å². The number of aromatic nitrogens is 2. The van der Waals surface area contributed by atoms with Crippen molar-refractivity contribution in [2.45, 2.75) is 39.2 Å². The van der Waals surface area contributed by atoms with Crippen LogP contribution in [0.3, 0.4) is 0 Å². The molecule has 2 aromatic heterocycles. The van der Waals surface area contributed by atoms with Crippen LogP contribution >= 0.6 is 0 Å². The second-order valence-electron chi connectivity index (χ2n) is 7.19. The molecule has 0 radical (unpaired) electrons. The van der Waals surface area contributed by atoms with Gasteiger partial charge >= 0.3 is 0 Å². The number of anilines is 1. The largest absolute Gasteiger partial charge is 0.471 e. The van der Waals surface area contributed by atoms with Crippen molar-refractivity contribution in [3.8, 4) is 5.88 Å². The van der Waals surface area contributed by atoms with Crippen molar-refractivity contribution in [3.63, 3.8) is 0 Å². The lowest BCUT2D eigenvalue weighted by molar-refractivity contribution is -0.117. The predicted molar refractivity (Wildman–Crippen MR) is 102 cm³/mol. The number of pyridine rings is 2. The maximum atomic E-state index is 12.8. The average molecular weight is 404 g/mol. The fraction of sp³-hybridized carbons (Fsp3) is 0.400. The number of halogens is 2. The Hall–Kier alpha value is -3.10. The van der Waals surface area contributed by atoms with Crippen LogP contribution < -0.4 is 15.4 Å². The van der Waals surface area contributed by atoms with Crippen molar-refractivity contribution in [2.24, 2.45) is 5.92 Å². The van der Waals surface area contributed by atoms with E-state index >= 15 is 0 Å². The molecule has 29 heavy (non-hydrogen) atoms. The van der Waals surface area contributed by atoms with Crippen LogP contribution in [0.1, 0.15) is 41.4 Å². The van der Waals surface area contributed by atoms with Crippen LogP contribution in [0.5, 0.6) is 5.88 Å². The highest BCUT2D eigenvalue weighted by atomic mass is 19.3. The number of hydrogen-bond donors (Lipinski definition) is 2. The zero-order valence-corrected chi connectivity index (χ0v) is 16.2. The third kappa shape index (κ3) is 6.48. The van der Waals surface area contributed by atoms with Gasteiger partial charge in [-0.15, -0.1) is 0 Å². The van der Waals surface area contributed by atoms with Gasteiger partial charge in [0.2, 0.25) is 11.8 Å². The molecule has 1 saturated carbocycles. The monoisotopic (exact) mass is 404 g/mol. The Kier molecular flexibility index (Phi) is 6.05. The highest BCUT2D eigenvalue weighted by Crippen LogP contribution is 2.30. The summed E-state index contributed by atoms with van der Waals surface area (Å²) in [5.41, 5.74) is 1.67. The first-order valence-corrected chi connectivity index (χ1v) is 9.23. The number of aryl methyl sites for hydroxylation is 1. The normalized spacial score (nSPS) is 13.7. The Morgan fingerprint density at radius 3 is 2.66 bits per heavy atom. The van der Waals surface area contributed by atoms with Crippen LogP contribution in [0.4, 0.5) is 14.6 Å². The maximum Gasteiger partial charge on any atom is 0.278 e. The van der Waals surface area contributed by atoms with E-state index in [4.69, 9.17) is 4.74 Å². The third-order valence-corrected chi connectivity index (χ3v) is 4.14. The lowest BCUT2D eigenvalue weighted by Gasteiger charge is -2.12. The Balaban J connectivity index is 1.56. The summed E-state index contributed by atoms with van der Waals surface area (Å²) in [5, 5.41) is 5.49. The van der Waals surface area contributed by atoms with Gasteiger partial charge in [-0.25, -0.2) is 18.7 Å². The molecule has 2 heterocycles. The highest BCUT2D eigenvalue weighted by Gasteiger charge is 2.30. The number of alkyl halides is 2. The van der Waals surface area contributed by atoms with Gasteiger partial charge in [0.15, 0.2) is 6.61 Å². The first-order chi connectivity index (χ1) is 13.7. The van der Waals surface area contributed by atoms with E-state index in [1.807, 2.05) is 0 Å². The van der Waals surface area contributed by atoms with Crippen LogP contribution in [-0.2, 0) is 11.3 Å². The average Bonchev–Trinajstić information content (AvgIpc) is 3.49. The molecule has 3 rings (SSSR count). The van der Waals surface area contributed by atoms with Crippen LogP contribution in [0.2, 0.25) is 0 Å². The highest BCUT2D eigenvalue weighted by molar-refractivity contribution is 5.97. The summed E-state index contributed by atoms with van der Waals surface area (Å²) >= 11 is 0. The lowest BCUT2D eigenvalue weighted by atomic mass is 10.2. The van der Waals surface area contributed by atoms with E-state index in [1.165, 1.54) is 18.3 Å². The van der Waals surface area contributed by atoms with Crippen LogP contribution in [0.15, 0.2) is 30.5 Å². The zero-order chi connectivity index (χ0) is 21.0. The number of ether oxygens (including phenoxy) is 1. The van der Waals surface area contributed by atoms with Gasteiger partial charge in [-0.05, 0) is 37.5 Å². The number of amides is 2. The molecular formula is C20H22F2N4O3. The number of nitrogens with one attached hydrogen (secondary N) is 2. The van der Waals surface area contributed by atoms with Gasteiger partial charge in [0, 0.05) is 42.9 Å². The van der Waals surface area contributed by atoms with Gasteiger partial charge < -0.3 is 15.4 Å². The molecule has 0 atom stereocenters. The van der Waals surface area contributed by atoms with Crippen LogP contribution in [-0.4, -0.2) is 34.3 Å². The van der Waals surface area contributed by atoms with Crippen LogP contribution in [0.25, 0.3) is 0 Å². The minimum Gasteiger partial charge on any atom is -0.471 e. The van der Waals surface area contributed by atoms with E-state index in [9.17, 15) is 18.4 Å². The molecule has 154 valence electrons. The molecule has 1 fully saturated rings. The Morgan fingerprint density at radius 1 is 1.28 bits per heavy atom. The molecule has 0 aliphatic heterocycles. The van der Waals surface area contributed by atoms with E-state index in [2.05, 4.69) is 20.6 Å². The standard InChI is InChI=1S/C20H22F2N4O3/c1-12-7-15(8-16(25-12)26-19(28)14-4-5-14)18(27)24-10-13-3-6-17(23-9-13)29-11-20(2,21)22/h3,6-9,14H,4-5,10-11H2,1-2H3,(H,24,27)(H,25,26,28). The van der Waals surface area contributed by atoms with E-state index in [0.29, 0.717) is 22.6 Å². The van der Waals surface area contributed by atoms with Crippen molar-refractivity contribution in [3.05, 3.63) is 47.3 Å². The second kappa shape index (κ2) is 8.50. The second-order valence-corrected chi connectivity index (χ2v) is 7.19. The Labute approximate surface area is 166 Å². The predicted octanol–water partition coefficient (Wildman–Crippen LogP) is 3.10. The van der Waals surface area contributed by atoms with Crippen molar-refractivity contribution < 1.29 is 23.1 Å². The molecular weight excluding hydrogens is 382 g/mol. The number of rotatable bonds is 8. The number of nitrogens with zero attached hydrogens (tertiary/aromatic N) is 2. The molecule has 2 aromatic rings. The summed E-state index contributed by atoms with van der Waals surface area (Å²) in [5.74, 6) is -2.87. The molecule has 0 unspecified atom stereocenters. The third-order valence-electron chi connectivity index (χ3n) is 4.14. The molecule has 2 N–H and O–H groups in total. The molecule has 0 aromatic carbocycles. The van der Waals surface area contributed by atoms with Crippen molar-refractivity contribution in [1.82, 2.24) is 15.3 Å². The van der Waals surface area contributed by atoms with Crippen LogP contribution in [0, 0.1) is 12.8 Å². The quantitative estimate of drug-likeness (QED) is 0.705. The molecule has 7 nitrogen and oxygen atoms in total. The van der Waals surface area contributed by atoms with E-state index in [1.54, 1.807) is 19.1 Å². The van der Waals surface area contributed by atoms with Gasteiger partial charge in [-0.2, -0.15) is 0 Å². The lowest BCUT2D eigenvalue weighted by Crippen LogP contribution is -2.24. The summed E-state index contributed by atoms with van der Waals surface area (Å²) < 4.78 is 30.5. The van der Waals surface area contributed by atoms with Crippen molar-refractivity contribution in [2.75, 3.05) is 11.9 Å². The van der Waals surface area contributed by atoms with Crippen molar-refractivity contribution >= 4 is 17.6 Å². The van der Waals surface area contributed by atoms with Gasteiger partial charge in [-0.1, -0.05) is 6.07 Å². The summed E-state index contributed by atoms with van der Waals surface area (Å²) in [6.45, 7) is 1.95. The molecule has 0 spiro atoms. The number of hydrogen-bond acceptors (Lipinski definition) is 5. The smallest absolute Gasteiger partial charge is 0.278 e. The number of carbonyl (C=O) groups is 2. The molecule has 0 saturated heterocycles. The topological polar surface area (TPSA) is 93.2 Å². The SMILES string of the molecule is Cc1cc(C(=O)NCc2ccc(OCC(C)(F)F)nc2)cc(NC(=O)C2CC2)n1. The summed E-state index contributed by atoms with van der Waals surface area (Å²) in [7, 11) is 0. The molecule has 1 aliphatic carbocycles. The molecule has 2 amide bonds. The molecule has 1 aliphatic rings. The van der Waals surface area contributed by atoms with E-state index in [-0.39, 0.29) is 30.2 Å². The zero-order valence-electron chi connectivity index (χ0n) is 16.2. The minimum atomic E-state index is -2.94. The van der Waals surface area contributed by atoms with Gasteiger partial charge in [0.25, 0.3) is 11.8 Å². The van der Waals surface area contributed by atoms with Gasteiger partial charge in [0.1, 0.15) is 5.82 Å². The minimum absolute atomic E-state index is 0.0394. The number of carbonyl (C=O) groups excluding carboxylic acids is 2. The van der Waals surface area contributed by atoms with Crippen molar-refractivity contribution in [1.29, 1.82) is 0 Å². The Bertz CT molecular complexity index is 894. The summed E-state index contributed by atoms with van der Waals surface area (Å²) in [4.78, 5) is 32.5. The summed E-state index contributed by atoms with van der Waals surface area (Å²) in [6, 6.07) is 6.26. The first kappa shape index (κ1) is 20.6. The Morgan fingerprint density at radius 2 is 2.03 bits per heavy atom. The van der Waals surface area contributed by atoms with E-state index in [0.717, 1.165) is 19.8 Å². The maximum absolute atomic E-state index is 12.8. The first-order valence-electron chi connectivity index (χ1n) is 9.23. The van der Waals surface area contributed by atoms with Gasteiger partial charge in [-0.3, -0.25) is 9.59 Å².